The summed E-state index contributed by atoms with van der Waals surface area (Å²) in [6.45, 7) is 0. The average molecular weight is 442 g/mol. The van der Waals surface area contributed by atoms with Gasteiger partial charge in [-0.25, -0.2) is 9.78 Å². The average Bonchev–Trinajstić information content (AvgIpc) is 3.20. The summed E-state index contributed by atoms with van der Waals surface area (Å²) in [7, 11) is 0. The molecule has 1 heterocycles. The summed E-state index contributed by atoms with van der Waals surface area (Å²) >= 11 is 13.5. The SMILES string of the molecule is O=C(O)c1cc(-c2nc(-c3ccc(Cl)c(Cl)c3)cs2)ccc1-c1ccccc1O. The van der Waals surface area contributed by atoms with Crippen molar-refractivity contribution in [1.29, 1.82) is 0 Å². The first kappa shape index (κ1) is 19.5. The highest BCUT2D eigenvalue weighted by Crippen LogP contribution is 2.36. The first-order chi connectivity index (χ1) is 13.9. The Morgan fingerprint density at radius 1 is 0.897 bits per heavy atom. The molecule has 0 aliphatic carbocycles. The van der Waals surface area contributed by atoms with Crippen molar-refractivity contribution >= 4 is 40.5 Å². The number of carboxylic acids is 1. The Morgan fingerprint density at radius 2 is 1.66 bits per heavy atom. The molecular formula is C22H13Cl2NO3S. The number of carboxylic acid groups (broad SMARTS) is 1. The highest BCUT2D eigenvalue weighted by molar-refractivity contribution is 7.13. The molecule has 0 fully saturated rings. The van der Waals surface area contributed by atoms with Gasteiger partial charge in [-0.2, -0.15) is 0 Å². The molecule has 0 radical (unpaired) electrons. The number of hydrogen-bond acceptors (Lipinski definition) is 4. The number of benzene rings is 3. The van der Waals surface area contributed by atoms with Gasteiger partial charge < -0.3 is 10.2 Å². The number of aromatic carboxylic acids is 1. The second kappa shape index (κ2) is 7.87. The lowest BCUT2D eigenvalue weighted by atomic mass is 9.97. The molecule has 0 aliphatic heterocycles. The van der Waals surface area contributed by atoms with Crippen LogP contribution in [0.3, 0.4) is 0 Å². The maximum Gasteiger partial charge on any atom is 0.336 e. The maximum atomic E-state index is 11.9. The lowest BCUT2D eigenvalue weighted by molar-refractivity contribution is 0.0698. The number of phenolic OH excluding ortho intramolecular Hbond substituents is 1. The largest absolute Gasteiger partial charge is 0.507 e. The number of aromatic nitrogens is 1. The minimum atomic E-state index is -1.08. The predicted octanol–water partition coefficient (Wildman–Crippen LogP) is 6.85. The number of hydrogen-bond donors (Lipinski definition) is 2. The van der Waals surface area contributed by atoms with Crippen LogP contribution in [0.2, 0.25) is 10.0 Å². The van der Waals surface area contributed by atoms with Gasteiger partial charge in [-0.1, -0.05) is 59.6 Å². The topological polar surface area (TPSA) is 70.4 Å². The van der Waals surface area contributed by atoms with Crippen molar-refractivity contribution in [2.45, 2.75) is 0 Å². The quantitative estimate of drug-likeness (QED) is 0.363. The molecule has 7 heteroatoms. The van der Waals surface area contributed by atoms with Crippen LogP contribution in [-0.2, 0) is 0 Å². The van der Waals surface area contributed by atoms with Crippen molar-refractivity contribution in [3.8, 4) is 38.7 Å². The van der Waals surface area contributed by atoms with Gasteiger partial charge in [0.15, 0.2) is 0 Å². The summed E-state index contributed by atoms with van der Waals surface area (Å²) < 4.78 is 0. The van der Waals surface area contributed by atoms with E-state index in [1.54, 1.807) is 48.5 Å². The summed E-state index contributed by atoms with van der Waals surface area (Å²) in [5.41, 5.74) is 3.23. The predicted molar refractivity (Wildman–Crippen MR) is 117 cm³/mol. The summed E-state index contributed by atoms with van der Waals surface area (Å²) in [6, 6.07) is 17.0. The van der Waals surface area contributed by atoms with Crippen LogP contribution in [0.5, 0.6) is 5.75 Å². The zero-order chi connectivity index (χ0) is 20.5. The molecule has 29 heavy (non-hydrogen) atoms. The molecule has 2 N–H and O–H groups in total. The normalized spacial score (nSPS) is 10.8. The molecule has 4 rings (SSSR count). The number of phenols is 1. The molecule has 0 saturated carbocycles. The minimum absolute atomic E-state index is 0.0268. The molecule has 0 saturated heterocycles. The lowest BCUT2D eigenvalue weighted by Gasteiger charge is -2.09. The Kier molecular flexibility index (Phi) is 5.28. The van der Waals surface area contributed by atoms with Crippen molar-refractivity contribution < 1.29 is 15.0 Å². The van der Waals surface area contributed by atoms with Crippen molar-refractivity contribution in [1.82, 2.24) is 4.98 Å². The highest BCUT2D eigenvalue weighted by Gasteiger charge is 2.17. The number of carbonyl (C=O) groups is 1. The van der Waals surface area contributed by atoms with Crippen molar-refractivity contribution in [2.24, 2.45) is 0 Å². The molecule has 4 nitrogen and oxygen atoms in total. The number of aromatic hydroxyl groups is 1. The maximum absolute atomic E-state index is 11.9. The van der Waals surface area contributed by atoms with Crippen LogP contribution >= 0.6 is 34.5 Å². The van der Waals surface area contributed by atoms with Crippen LogP contribution in [0.1, 0.15) is 10.4 Å². The van der Waals surface area contributed by atoms with E-state index in [9.17, 15) is 15.0 Å². The molecule has 0 atom stereocenters. The van der Waals surface area contributed by atoms with Crippen molar-refractivity contribution in [3.63, 3.8) is 0 Å². The van der Waals surface area contributed by atoms with Crippen molar-refractivity contribution in [3.05, 3.63) is 81.7 Å². The first-order valence-corrected chi connectivity index (χ1v) is 10.1. The number of halogens is 2. The zero-order valence-electron chi connectivity index (χ0n) is 14.8. The van der Waals surface area contributed by atoms with E-state index < -0.39 is 5.97 Å². The fourth-order valence-electron chi connectivity index (χ4n) is 2.98. The van der Waals surface area contributed by atoms with Gasteiger partial charge in [0.05, 0.1) is 21.3 Å². The zero-order valence-corrected chi connectivity index (χ0v) is 17.1. The number of thiazole rings is 1. The standard InChI is InChI=1S/C22H13Cl2NO3S/c23-17-8-6-12(10-18(17)24)19-11-29-21(25-19)13-5-7-14(16(9-13)22(27)28)15-3-1-2-4-20(15)26/h1-11,26H,(H,27,28). The molecule has 0 spiro atoms. The van der Waals surface area contributed by atoms with E-state index in [1.165, 1.54) is 17.4 Å². The molecule has 0 bridgehead atoms. The van der Waals surface area contributed by atoms with Crippen LogP contribution in [0, 0.1) is 0 Å². The summed E-state index contributed by atoms with van der Waals surface area (Å²) in [5.74, 6) is -1.05. The highest BCUT2D eigenvalue weighted by atomic mass is 35.5. The van der Waals surface area contributed by atoms with Gasteiger partial charge in [0, 0.05) is 22.1 Å². The second-order valence-electron chi connectivity index (χ2n) is 6.25. The van der Waals surface area contributed by atoms with Gasteiger partial charge in [0.1, 0.15) is 10.8 Å². The van der Waals surface area contributed by atoms with Gasteiger partial charge in [0.25, 0.3) is 0 Å². The molecule has 144 valence electrons. The third-order valence-electron chi connectivity index (χ3n) is 4.41. The van der Waals surface area contributed by atoms with Gasteiger partial charge in [-0.05, 0) is 29.8 Å². The van der Waals surface area contributed by atoms with Crippen LogP contribution in [0.4, 0.5) is 0 Å². The first-order valence-electron chi connectivity index (χ1n) is 8.51. The van der Waals surface area contributed by atoms with E-state index in [-0.39, 0.29) is 11.3 Å². The molecule has 1 aromatic heterocycles. The summed E-state index contributed by atoms with van der Waals surface area (Å²) in [5, 5.41) is 23.3. The molecule has 0 amide bonds. The molecule has 3 aromatic carbocycles. The molecular weight excluding hydrogens is 429 g/mol. The fraction of sp³-hybridized carbons (Fsp3) is 0. The smallest absolute Gasteiger partial charge is 0.336 e. The van der Waals surface area contributed by atoms with Crippen LogP contribution < -0.4 is 0 Å². The van der Waals surface area contributed by atoms with E-state index in [0.717, 1.165) is 11.3 Å². The van der Waals surface area contributed by atoms with E-state index in [4.69, 9.17) is 23.2 Å². The van der Waals surface area contributed by atoms with E-state index >= 15 is 0 Å². The van der Waals surface area contributed by atoms with E-state index in [1.807, 2.05) is 11.4 Å². The second-order valence-corrected chi connectivity index (χ2v) is 7.92. The van der Waals surface area contributed by atoms with Gasteiger partial charge in [-0.15, -0.1) is 11.3 Å². The molecule has 0 aliphatic rings. The van der Waals surface area contributed by atoms with Gasteiger partial charge in [-0.3, -0.25) is 0 Å². The van der Waals surface area contributed by atoms with E-state index in [2.05, 4.69) is 4.98 Å². The van der Waals surface area contributed by atoms with Crippen LogP contribution in [-0.4, -0.2) is 21.2 Å². The van der Waals surface area contributed by atoms with Crippen molar-refractivity contribution in [2.75, 3.05) is 0 Å². The molecule has 4 aromatic rings. The fourth-order valence-corrected chi connectivity index (χ4v) is 4.11. The number of nitrogens with zero attached hydrogens (tertiary/aromatic N) is 1. The Hall–Kier alpha value is -2.86. The van der Waals surface area contributed by atoms with E-state index in [0.29, 0.717) is 31.7 Å². The van der Waals surface area contributed by atoms with Crippen LogP contribution in [0.25, 0.3) is 33.0 Å². The Morgan fingerprint density at radius 3 is 2.38 bits per heavy atom. The minimum Gasteiger partial charge on any atom is -0.507 e. The molecule has 0 unspecified atom stereocenters. The number of para-hydroxylation sites is 1. The van der Waals surface area contributed by atoms with Gasteiger partial charge >= 0.3 is 5.97 Å². The number of rotatable bonds is 4. The Balaban J connectivity index is 1.76. The third-order valence-corrected chi connectivity index (χ3v) is 6.04. The Labute approximate surface area is 180 Å². The Bertz CT molecular complexity index is 1240. The summed E-state index contributed by atoms with van der Waals surface area (Å²) in [6.07, 6.45) is 0. The van der Waals surface area contributed by atoms with Crippen LogP contribution in [0.15, 0.2) is 66.0 Å². The monoisotopic (exact) mass is 441 g/mol. The van der Waals surface area contributed by atoms with Gasteiger partial charge in [0.2, 0.25) is 0 Å². The third kappa shape index (κ3) is 3.85. The lowest BCUT2D eigenvalue weighted by Crippen LogP contribution is -2.00. The summed E-state index contributed by atoms with van der Waals surface area (Å²) in [4.78, 5) is 16.5.